The number of aromatic nitrogens is 3. The van der Waals surface area contributed by atoms with Gasteiger partial charge in [-0.05, 0) is 48.5 Å². The van der Waals surface area contributed by atoms with Crippen molar-refractivity contribution < 1.29 is 9.18 Å². The number of amides is 1. The average molecular weight is 369 g/mol. The first-order valence-corrected chi connectivity index (χ1v) is 9.03. The van der Waals surface area contributed by atoms with Crippen molar-refractivity contribution in [3.63, 3.8) is 0 Å². The van der Waals surface area contributed by atoms with Crippen LogP contribution < -0.4 is 10.2 Å². The molecule has 0 bridgehead atoms. The van der Waals surface area contributed by atoms with Crippen molar-refractivity contribution in [2.24, 2.45) is 0 Å². The summed E-state index contributed by atoms with van der Waals surface area (Å²) in [6.07, 6.45) is 0. The molecule has 8 heteroatoms. The Morgan fingerprint density at radius 2 is 1.85 bits per heavy atom. The lowest BCUT2D eigenvalue weighted by molar-refractivity contribution is -0.114. The Hall–Kier alpha value is -2.87. The number of hydrogen-bond acceptors (Lipinski definition) is 5. The van der Waals surface area contributed by atoms with Crippen LogP contribution >= 0.6 is 11.8 Å². The molecule has 3 aromatic rings. The van der Waals surface area contributed by atoms with Gasteiger partial charge in [-0.2, -0.15) is 0 Å². The fourth-order valence-corrected chi connectivity index (χ4v) is 3.70. The highest BCUT2D eigenvalue weighted by Crippen LogP contribution is 2.32. The second kappa shape index (κ2) is 6.80. The molecule has 1 aromatic heterocycles. The molecule has 0 aliphatic carbocycles. The van der Waals surface area contributed by atoms with Crippen molar-refractivity contribution in [2.45, 2.75) is 18.7 Å². The van der Waals surface area contributed by atoms with Crippen LogP contribution in [-0.4, -0.2) is 26.5 Å². The van der Waals surface area contributed by atoms with Gasteiger partial charge >= 0.3 is 0 Å². The van der Waals surface area contributed by atoms with Crippen molar-refractivity contribution in [1.29, 1.82) is 0 Å². The highest BCUT2D eigenvalue weighted by Gasteiger charge is 2.22. The molecular formula is C18H16FN5OS. The maximum Gasteiger partial charge on any atom is 0.221 e. The first-order valence-electron chi connectivity index (χ1n) is 8.05. The smallest absolute Gasteiger partial charge is 0.221 e. The number of fused-ring (bicyclic) bond motifs is 1. The van der Waals surface area contributed by atoms with Crippen LogP contribution in [0.1, 0.15) is 6.92 Å². The van der Waals surface area contributed by atoms with Crippen LogP contribution in [0, 0.1) is 5.82 Å². The van der Waals surface area contributed by atoms with E-state index >= 15 is 0 Å². The topological polar surface area (TPSA) is 63.1 Å². The van der Waals surface area contributed by atoms with E-state index in [0.717, 1.165) is 28.0 Å². The van der Waals surface area contributed by atoms with E-state index in [-0.39, 0.29) is 11.7 Å². The lowest BCUT2D eigenvalue weighted by atomic mass is 10.2. The van der Waals surface area contributed by atoms with Gasteiger partial charge in [0.15, 0.2) is 11.0 Å². The van der Waals surface area contributed by atoms with Gasteiger partial charge in [-0.15, -0.1) is 10.2 Å². The predicted octanol–water partition coefficient (Wildman–Crippen LogP) is 3.57. The lowest BCUT2D eigenvalue weighted by Gasteiger charge is -2.29. The summed E-state index contributed by atoms with van der Waals surface area (Å²) < 4.78 is 15.2. The second-order valence-electron chi connectivity index (χ2n) is 5.92. The van der Waals surface area contributed by atoms with Gasteiger partial charge in [0.1, 0.15) is 5.82 Å². The normalized spacial score (nSPS) is 13.4. The summed E-state index contributed by atoms with van der Waals surface area (Å²) in [7, 11) is 0. The third-order valence-corrected chi connectivity index (χ3v) is 5.03. The summed E-state index contributed by atoms with van der Waals surface area (Å²) in [6.45, 7) is 2.08. The zero-order chi connectivity index (χ0) is 18.1. The average Bonchev–Trinajstić information content (AvgIpc) is 3.06. The van der Waals surface area contributed by atoms with Gasteiger partial charge in [-0.3, -0.25) is 9.36 Å². The molecule has 2 aromatic carbocycles. The van der Waals surface area contributed by atoms with Crippen LogP contribution in [-0.2, 0) is 11.5 Å². The lowest BCUT2D eigenvalue weighted by Crippen LogP contribution is -2.30. The van der Waals surface area contributed by atoms with Gasteiger partial charge < -0.3 is 10.2 Å². The fourth-order valence-electron chi connectivity index (χ4n) is 2.80. The monoisotopic (exact) mass is 369 g/mol. The highest BCUT2D eigenvalue weighted by molar-refractivity contribution is 7.99. The van der Waals surface area contributed by atoms with Crippen molar-refractivity contribution in [3.05, 3.63) is 54.3 Å². The number of benzene rings is 2. The van der Waals surface area contributed by atoms with Crippen molar-refractivity contribution in [2.75, 3.05) is 16.1 Å². The minimum Gasteiger partial charge on any atom is -0.344 e. The molecule has 0 saturated carbocycles. The third kappa shape index (κ3) is 3.28. The van der Waals surface area contributed by atoms with Crippen LogP contribution in [0.3, 0.4) is 0 Å². The Morgan fingerprint density at radius 1 is 1.12 bits per heavy atom. The highest BCUT2D eigenvalue weighted by atomic mass is 32.2. The third-order valence-electron chi connectivity index (χ3n) is 4.03. The largest absolute Gasteiger partial charge is 0.344 e. The molecule has 1 aliphatic rings. The minimum atomic E-state index is -0.276. The van der Waals surface area contributed by atoms with Crippen LogP contribution in [0.15, 0.2) is 53.7 Å². The van der Waals surface area contributed by atoms with E-state index in [4.69, 9.17) is 0 Å². The second-order valence-corrected chi connectivity index (χ2v) is 6.84. The first kappa shape index (κ1) is 16.6. The molecule has 2 heterocycles. The molecule has 0 atom stereocenters. The van der Waals surface area contributed by atoms with Crippen molar-refractivity contribution in [3.8, 4) is 11.4 Å². The molecule has 26 heavy (non-hydrogen) atoms. The summed E-state index contributed by atoms with van der Waals surface area (Å²) in [5, 5.41) is 12.1. The number of rotatable bonds is 3. The van der Waals surface area contributed by atoms with E-state index in [0.29, 0.717) is 12.5 Å². The summed E-state index contributed by atoms with van der Waals surface area (Å²) in [5.41, 5.74) is 2.63. The zero-order valence-corrected chi connectivity index (χ0v) is 14.8. The van der Waals surface area contributed by atoms with E-state index in [1.807, 2.05) is 28.8 Å². The number of carbonyl (C=O) groups is 1. The molecule has 0 saturated heterocycles. The zero-order valence-electron chi connectivity index (χ0n) is 14.0. The Bertz CT molecular complexity index is 939. The number of hydrogen-bond donors (Lipinski definition) is 1. The molecule has 1 amide bonds. The number of carbonyl (C=O) groups excluding carboxylic acids is 1. The molecule has 0 spiro atoms. The Balaban J connectivity index is 1.58. The molecular weight excluding hydrogens is 353 g/mol. The predicted molar refractivity (Wildman–Crippen MR) is 99.4 cm³/mol. The van der Waals surface area contributed by atoms with Crippen LogP contribution in [0.5, 0.6) is 0 Å². The Kier molecular flexibility index (Phi) is 4.34. The maximum atomic E-state index is 13.2. The van der Waals surface area contributed by atoms with Crippen LogP contribution in [0.4, 0.5) is 15.8 Å². The van der Waals surface area contributed by atoms with Gasteiger partial charge in [-0.25, -0.2) is 4.39 Å². The molecule has 6 nitrogen and oxygen atoms in total. The van der Waals surface area contributed by atoms with E-state index in [9.17, 15) is 9.18 Å². The molecule has 0 fully saturated rings. The fraction of sp³-hybridized carbons (Fsp3) is 0.167. The summed E-state index contributed by atoms with van der Waals surface area (Å²) in [4.78, 5) is 13.3. The van der Waals surface area contributed by atoms with Crippen molar-refractivity contribution >= 4 is 29.0 Å². The Labute approximate surface area is 154 Å². The van der Waals surface area contributed by atoms with Crippen LogP contribution in [0.2, 0.25) is 0 Å². The number of nitrogens with zero attached hydrogens (tertiary/aromatic N) is 4. The molecule has 0 unspecified atom stereocenters. The van der Waals surface area contributed by atoms with Gasteiger partial charge in [0.05, 0.1) is 12.5 Å². The molecule has 1 N–H and O–H groups in total. The quantitative estimate of drug-likeness (QED) is 0.765. The molecule has 0 radical (unpaired) electrons. The Morgan fingerprint density at radius 3 is 2.54 bits per heavy atom. The minimum absolute atomic E-state index is 0.0932. The van der Waals surface area contributed by atoms with Gasteiger partial charge in [0.2, 0.25) is 5.91 Å². The summed E-state index contributed by atoms with van der Waals surface area (Å²) >= 11 is 1.60. The molecule has 132 valence electrons. The number of anilines is 2. The van der Waals surface area contributed by atoms with E-state index < -0.39 is 0 Å². The molecule has 4 rings (SSSR count). The number of halogens is 1. The van der Waals surface area contributed by atoms with E-state index in [1.54, 1.807) is 23.9 Å². The first-order chi connectivity index (χ1) is 12.6. The van der Waals surface area contributed by atoms with Crippen molar-refractivity contribution in [1.82, 2.24) is 14.8 Å². The van der Waals surface area contributed by atoms with E-state index in [1.165, 1.54) is 19.1 Å². The van der Waals surface area contributed by atoms with Gasteiger partial charge in [0.25, 0.3) is 0 Å². The van der Waals surface area contributed by atoms with Gasteiger partial charge in [0, 0.05) is 23.9 Å². The summed E-state index contributed by atoms with van der Waals surface area (Å²) in [5.74, 6) is 1.10. The SMILES string of the molecule is CC(=O)Nc1ccc(N2CSc3nnc(-c4ccc(F)cc4)n3C2)cc1. The van der Waals surface area contributed by atoms with Crippen LogP contribution in [0.25, 0.3) is 11.4 Å². The van der Waals surface area contributed by atoms with E-state index in [2.05, 4.69) is 20.4 Å². The summed E-state index contributed by atoms with van der Waals surface area (Å²) in [6, 6.07) is 14.0. The number of nitrogens with one attached hydrogen (secondary N) is 1. The maximum absolute atomic E-state index is 13.2. The molecule has 1 aliphatic heterocycles. The number of thioether (sulfide) groups is 1. The standard InChI is InChI=1S/C18H16FN5OS/c1-12(25)20-15-6-8-16(9-7-15)23-10-24-17(21-22-18(24)26-11-23)13-2-4-14(19)5-3-13/h2-9H,10-11H2,1H3,(H,20,25). The van der Waals surface area contributed by atoms with Gasteiger partial charge in [-0.1, -0.05) is 11.8 Å².